The second-order valence-corrected chi connectivity index (χ2v) is 41.0. The molecule has 0 saturated heterocycles. The van der Waals surface area contributed by atoms with Crippen LogP contribution in [0.4, 0.5) is 22.0 Å². The summed E-state index contributed by atoms with van der Waals surface area (Å²) in [5.41, 5.74) is 29.5. The molecule has 0 amide bonds. The maximum atomic E-state index is 14.7. The van der Waals surface area contributed by atoms with E-state index in [1.807, 2.05) is 152 Å². The Morgan fingerprint density at radius 1 is 0.140 bits per heavy atom. The van der Waals surface area contributed by atoms with Gasteiger partial charge in [-0.25, -0.2) is 22.0 Å². The molecule has 0 aliphatic heterocycles. The van der Waals surface area contributed by atoms with Gasteiger partial charge in [-0.1, -0.05) is 425 Å². The average Bonchev–Trinajstić information content (AvgIpc) is 0.831. The summed E-state index contributed by atoms with van der Waals surface area (Å²) in [7, 11) is 0. The molecule has 0 radical (unpaired) electrons. The van der Waals surface area contributed by atoms with Gasteiger partial charge < -0.3 is 0 Å². The van der Waals surface area contributed by atoms with E-state index in [9.17, 15) is 22.0 Å². The van der Waals surface area contributed by atoms with Crippen LogP contribution in [0.1, 0.15) is 350 Å². The average molecular weight is 2020 g/mol. The number of hydrogen-bond acceptors (Lipinski definition) is 5. The van der Waals surface area contributed by atoms with Gasteiger partial charge >= 0.3 is 0 Å². The Morgan fingerprint density at radius 2 is 0.300 bits per heavy atom. The molecular formula is C140H170F5N5. The van der Waals surface area contributed by atoms with Crippen molar-refractivity contribution in [3.05, 3.63) is 389 Å². The van der Waals surface area contributed by atoms with Gasteiger partial charge in [-0.2, -0.15) is 0 Å². The fourth-order valence-electron chi connectivity index (χ4n) is 19.3. The van der Waals surface area contributed by atoms with Gasteiger partial charge in [-0.05, 0) is 290 Å². The SMILES string of the molecule is CCCCCCCc1ccc(-c2ccc(-c3ccc(CC)cc3)cn2)c(F)c1.CCCCCCCc1ccc(-c2ccc(-c3ccc(CCC)cc3)cn2)c(F)c1.CCCCCCCc1ccc(-c2ccc(-c3ccc(CCCC)cc3)cn2)c(F)c1.CCCCCCCc1ccc(-c2ccc(-c3ccc(CCCCC)cc3)cn2)c(F)c1.CCCCCCCc1ccc(-c2ccc(-c3ccc(CCCCCC)cc3)cn2)c(F)c1. The van der Waals surface area contributed by atoms with E-state index in [4.69, 9.17) is 0 Å². The van der Waals surface area contributed by atoms with Crippen molar-refractivity contribution < 1.29 is 22.0 Å². The molecule has 790 valence electrons. The molecule has 0 spiro atoms. The fraction of sp³-hybridized carbons (Fsp3) is 0.393. The Hall–Kier alpha value is -12.4. The number of aryl methyl sites for hydroxylation is 10. The molecule has 15 rings (SSSR count). The Labute approximate surface area is 899 Å². The summed E-state index contributed by atoms with van der Waals surface area (Å²) in [6, 6.07) is 91.1. The highest BCUT2D eigenvalue weighted by Gasteiger charge is 2.18. The van der Waals surface area contributed by atoms with Gasteiger partial charge in [0.25, 0.3) is 0 Å². The molecule has 0 saturated carbocycles. The van der Waals surface area contributed by atoms with Gasteiger partial charge in [0, 0.05) is 86.6 Å². The van der Waals surface area contributed by atoms with E-state index in [1.165, 1.54) is 214 Å². The van der Waals surface area contributed by atoms with Gasteiger partial charge in [-0.15, -0.1) is 0 Å². The van der Waals surface area contributed by atoms with Crippen LogP contribution in [0.5, 0.6) is 0 Å². The topological polar surface area (TPSA) is 64.5 Å². The molecular weight excluding hydrogens is 1850 g/mol. The van der Waals surface area contributed by atoms with E-state index in [0.717, 1.165) is 186 Å². The highest BCUT2D eigenvalue weighted by molar-refractivity contribution is 5.73. The van der Waals surface area contributed by atoms with Gasteiger partial charge in [0.2, 0.25) is 0 Å². The third-order valence-electron chi connectivity index (χ3n) is 28.8. The van der Waals surface area contributed by atoms with Crippen molar-refractivity contribution >= 4 is 0 Å². The minimum Gasteiger partial charge on any atom is -0.256 e. The summed E-state index contributed by atoms with van der Waals surface area (Å²) in [5.74, 6) is -0.896. The highest BCUT2D eigenvalue weighted by Crippen LogP contribution is 2.35. The van der Waals surface area contributed by atoms with E-state index in [0.29, 0.717) is 56.3 Å². The van der Waals surface area contributed by atoms with Crippen molar-refractivity contribution in [2.24, 2.45) is 0 Å². The van der Waals surface area contributed by atoms with Crippen LogP contribution in [-0.2, 0) is 64.2 Å². The van der Waals surface area contributed by atoms with Crippen LogP contribution in [0.25, 0.3) is 112 Å². The van der Waals surface area contributed by atoms with Gasteiger partial charge in [0.1, 0.15) is 29.1 Å². The lowest BCUT2D eigenvalue weighted by molar-refractivity contribution is 0.617. The lowest BCUT2D eigenvalue weighted by Gasteiger charge is -2.08. The number of rotatable bonds is 55. The number of hydrogen-bond donors (Lipinski definition) is 0. The third-order valence-corrected chi connectivity index (χ3v) is 28.8. The van der Waals surface area contributed by atoms with Gasteiger partial charge in [0.15, 0.2) is 0 Å². The molecule has 0 unspecified atom stereocenters. The van der Waals surface area contributed by atoms with Crippen molar-refractivity contribution in [2.45, 2.75) is 358 Å². The predicted molar refractivity (Wildman–Crippen MR) is 631 cm³/mol. The number of benzene rings is 10. The number of unbranched alkanes of at least 4 members (excludes halogenated alkanes) is 26. The lowest BCUT2D eigenvalue weighted by atomic mass is 10.0. The summed E-state index contributed by atoms with van der Waals surface area (Å²) in [5, 5.41) is 0. The molecule has 0 atom stereocenters. The molecule has 150 heavy (non-hydrogen) atoms. The van der Waals surface area contributed by atoms with Crippen LogP contribution in [0.2, 0.25) is 0 Å². The first kappa shape index (κ1) is 118. The third kappa shape index (κ3) is 40.1. The molecule has 0 bridgehead atoms. The van der Waals surface area contributed by atoms with E-state index < -0.39 is 0 Å². The van der Waals surface area contributed by atoms with Crippen LogP contribution in [0, 0.1) is 29.1 Å². The summed E-state index contributed by atoms with van der Waals surface area (Å²) < 4.78 is 73.5. The summed E-state index contributed by atoms with van der Waals surface area (Å²) in [6.45, 7) is 22.1. The largest absolute Gasteiger partial charge is 0.256 e. The first-order chi connectivity index (χ1) is 73.5. The Kier molecular flexibility index (Phi) is 53.2. The number of nitrogens with zero attached hydrogens (tertiary/aromatic N) is 5. The van der Waals surface area contributed by atoms with Crippen molar-refractivity contribution in [2.75, 3.05) is 0 Å². The number of halogens is 5. The van der Waals surface area contributed by atoms with E-state index >= 15 is 0 Å². The first-order valence-corrected chi connectivity index (χ1v) is 57.8. The number of aromatic nitrogens is 5. The minimum atomic E-state index is -0.182. The van der Waals surface area contributed by atoms with Crippen molar-refractivity contribution in [1.29, 1.82) is 0 Å². The van der Waals surface area contributed by atoms with Crippen molar-refractivity contribution in [3.63, 3.8) is 0 Å². The van der Waals surface area contributed by atoms with Gasteiger partial charge in [0.05, 0.1) is 28.5 Å². The van der Waals surface area contributed by atoms with Crippen LogP contribution >= 0.6 is 0 Å². The summed E-state index contributed by atoms with van der Waals surface area (Å²) >= 11 is 0. The lowest BCUT2D eigenvalue weighted by Crippen LogP contribution is -1.93. The Morgan fingerprint density at radius 3 is 0.487 bits per heavy atom. The second-order valence-electron chi connectivity index (χ2n) is 41.0. The predicted octanol–water partition coefficient (Wildman–Crippen LogP) is 42.1. The van der Waals surface area contributed by atoms with Crippen molar-refractivity contribution in [1.82, 2.24) is 24.9 Å². The Balaban J connectivity index is 0.000000178. The van der Waals surface area contributed by atoms with Crippen LogP contribution in [-0.4, -0.2) is 24.9 Å². The van der Waals surface area contributed by atoms with Crippen LogP contribution < -0.4 is 0 Å². The molecule has 0 fully saturated rings. The zero-order valence-electron chi connectivity index (χ0n) is 92.3. The van der Waals surface area contributed by atoms with Crippen molar-refractivity contribution in [3.8, 4) is 112 Å². The summed E-state index contributed by atoms with van der Waals surface area (Å²) in [6.07, 6.45) is 62.8. The smallest absolute Gasteiger partial charge is 0.132 e. The standard InChI is InChI=1S/C30H38FN.C29H36FN.C28H34FN.C27H32FN.C26H30FN/c1-3-5-7-9-11-13-25-16-20-28(29(31)22-25)30-21-19-27(23-32-30)26-17-14-24(15-18-26)12-10-8-6-4-2;1-3-5-7-8-10-12-24-15-19-27(28(30)21-24)29-20-18-26(22-31-29)25-16-13-23(14-17-25)11-9-6-4-2;1-3-5-7-8-9-11-23-14-18-26(27(29)20-23)28-19-17-25(21-30-28)24-15-12-22(13-16-24)10-6-4-2;1-3-5-6-7-8-10-22-13-17-25(26(28)19-22)27-18-16-24(20-29-27)23-14-11-21(9-4-2)12-15-23;1-3-5-6-7-8-9-21-12-16-24(25(27)18-21)26-17-15-23(19-28-26)22-13-10-20(4-2)11-14-22/h14-23H,3-13H2,1-2H3;13-22H,3-12H2,1-2H3;12-21H,3-11H2,1-2H3;11-20H,3-10H2,1-2H3;10-19H,3-9H2,1-2H3. The molecule has 0 aliphatic rings. The molecule has 0 aliphatic carbocycles. The second kappa shape index (κ2) is 67.7. The molecule has 15 aromatic rings. The zero-order valence-corrected chi connectivity index (χ0v) is 92.3. The van der Waals surface area contributed by atoms with E-state index in [1.54, 1.807) is 30.3 Å². The molecule has 0 N–H and O–H groups in total. The summed E-state index contributed by atoms with van der Waals surface area (Å²) in [4.78, 5) is 22.7. The van der Waals surface area contributed by atoms with Gasteiger partial charge in [-0.3, -0.25) is 24.9 Å². The normalized spacial score (nSPS) is 11.0. The molecule has 5 aromatic heterocycles. The van der Waals surface area contributed by atoms with E-state index in [-0.39, 0.29) is 29.1 Å². The molecule has 5 heterocycles. The molecule has 10 heteroatoms. The maximum Gasteiger partial charge on any atom is 0.132 e. The molecule has 5 nitrogen and oxygen atoms in total. The van der Waals surface area contributed by atoms with Crippen LogP contribution in [0.15, 0.2) is 304 Å². The Bertz CT molecular complexity index is 6280. The molecule has 10 aromatic carbocycles. The minimum absolute atomic E-state index is 0.177. The quantitative estimate of drug-likeness (QED) is 0.0281. The van der Waals surface area contributed by atoms with E-state index in [2.05, 4.69) is 215 Å². The maximum absolute atomic E-state index is 14.7. The highest BCUT2D eigenvalue weighted by atomic mass is 19.1. The zero-order chi connectivity index (χ0) is 106. The van der Waals surface area contributed by atoms with Crippen LogP contribution in [0.3, 0.4) is 0 Å². The monoisotopic (exact) mass is 2020 g/mol. The first-order valence-electron chi connectivity index (χ1n) is 57.8. The number of pyridine rings is 5. The fourth-order valence-corrected chi connectivity index (χ4v) is 19.3.